The van der Waals surface area contributed by atoms with Crippen LogP contribution < -0.4 is 0 Å². The zero-order valence-electron chi connectivity index (χ0n) is 44.6. The number of esters is 1. The van der Waals surface area contributed by atoms with Gasteiger partial charge in [0.2, 0.25) is 0 Å². The van der Waals surface area contributed by atoms with Gasteiger partial charge in [-0.25, -0.2) is 0 Å². The van der Waals surface area contributed by atoms with E-state index >= 15 is 4.79 Å². The number of methoxy groups -OCH3 is 1. The Bertz CT molecular complexity index is 2180. The molecule has 4 aliphatic heterocycles. The van der Waals surface area contributed by atoms with E-state index in [-0.39, 0.29) is 18.8 Å². The summed E-state index contributed by atoms with van der Waals surface area (Å²) in [6.45, 7) is 20.7. The van der Waals surface area contributed by atoms with Crippen LogP contribution in [0.5, 0.6) is 0 Å². The lowest BCUT2D eigenvalue weighted by molar-refractivity contribution is -0.323. The van der Waals surface area contributed by atoms with Crippen molar-refractivity contribution in [2.24, 2.45) is 17.8 Å². The van der Waals surface area contributed by atoms with Crippen molar-refractivity contribution in [1.29, 1.82) is 0 Å². The second kappa shape index (κ2) is 23.6. The normalized spacial score (nSPS) is 36.1. The monoisotopic (exact) mass is 986 g/mol. The predicted molar refractivity (Wildman–Crippen MR) is 271 cm³/mol. The first-order valence-corrected chi connectivity index (χ1v) is 25.9. The Kier molecular flexibility index (Phi) is 18.3. The van der Waals surface area contributed by atoms with Crippen LogP contribution in [0.15, 0.2) is 102 Å². The van der Waals surface area contributed by atoms with Crippen LogP contribution in [-0.2, 0) is 72.0 Å². The van der Waals surface area contributed by atoms with Gasteiger partial charge < -0.3 is 57.4 Å². The van der Waals surface area contributed by atoms with E-state index in [1.165, 1.54) is 0 Å². The minimum absolute atomic E-state index is 0.0429. The topological polar surface area (TPSA) is 133 Å². The summed E-state index contributed by atoms with van der Waals surface area (Å²) in [4.78, 5) is 17.3. The average Bonchev–Trinajstić information content (AvgIpc) is 3.67. The number of aliphatic hydroxyl groups is 1. The molecular weight excluding hydrogens is 903 g/mol. The molecule has 7 rings (SSSR count). The number of rotatable bonds is 18. The number of carbonyl (C=O) groups is 1. The van der Waals surface area contributed by atoms with Gasteiger partial charge in [-0.1, -0.05) is 112 Å². The molecule has 3 aromatic rings. The summed E-state index contributed by atoms with van der Waals surface area (Å²) in [6.07, 6.45) is -4.62. The molecule has 392 valence electrons. The molecule has 0 amide bonds. The number of nitrogens with zero attached hydrogens (tertiary/aromatic N) is 1. The van der Waals surface area contributed by atoms with Crippen molar-refractivity contribution in [1.82, 2.24) is 4.90 Å². The fraction of sp³-hybridized carbons (Fsp3) is 0.638. The summed E-state index contributed by atoms with van der Waals surface area (Å²) >= 11 is 0. The average molecular weight is 986 g/mol. The van der Waals surface area contributed by atoms with Crippen molar-refractivity contribution in [2.45, 2.75) is 199 Å². The summed E-state index contributed by atoms with van der Waals surface area (Å²) in [5.41, 5.74) is 0.514. The number of carbonyl (C=O) groups excluding carboxylic acids is 1. The first kappa shape index (κ1) is 55.0. The largest absolute Gasteiger partial charge is 0.488 e. The Labute approximate surface area is 423 Å². The van der Waals surface area contributed by atoms with E-state index in [4.69, 9.17) is 47.4 Å². The van der Waals surface area contributed by atoms with Gasteiger partial charge in [-0.3, -0.25) is 4.79 Å². The number of hydrogen-bond donors (Lipinski definition) is 1. The third-order valence-electron chi connectivity index (χ3n) is 15.7. The fourth-order valence-corrected chi connectivity index (χ4v) is 11.8. The number of likely N-dealkylation sites (N-methyl/N-ethyl adjacent to an activating group) is 1. The van der Waals surface area contributed by atoms with Crippen molar-refractivity contribution < 1.29 is 57.3 Å². The maximum Gasteiger partial charge on any atom is 0.311 e. The Balaban J connectivity index is 1.26. The van der Waals surface area contributed by atoms with Crippen LogP contribution in [0.25, 0.3) is 0 Å². The highest BCUT2D eigenvalue weighted by Gasteiger charge is 2.57. The van der Waals surface area contributed by atoms with Gasteiger partial charge in [0, 0.05) is 31.9 Å². The maximum atomic E-state index is 15.2. The third kappa shape index (κ3) is 12.6. The molecule has 0 aliphatic carbocycles. The molecule has 0 spiro atoms. The molecule has 1 N–H and O–H groups in total. The number of benzene rings is 3. The zero-order valence-corrected chi connectivity index (χ0v) is 44.6. The zero-order chi connectivity index (χ0) is 51.3. The van der Waals surface area contributed by atoms with Gasteiger partial charge in [-0.15, -0.1) is 0 Å². The van der Waals surface area contributed by atoms with E-state index in [0.717, 1.165) is 28.7 Å². The van der Waals surface area contributed by atoms with Gasteiger partial charge in [0.15, 0.2) is 12.6 Å². The second-order valence-corrected chi connectivity index (χ2v) is 21.7. The molecule has 3 saturated heterocycles. The summed E-state index contributed by atoms with van der Waals surface area (Å²) in [5.74, 6) is -1.94. The molecular formula is C58H83NO12. The van der Waals surface area contributed by atoms with E-state index in [1.54, 1.807) is 14.0 Å². The van der Waals surface area contributed by atoms with Crippen LogP contribution in [-0.4, -0.2) is 121 Å². The van der Waals surface area contributed by atoms with E-state index in [1.807, 2.05) is 127 Å². The van der Waals surface area contributed by atoms with Gasteiger partial charge in [-0.05, 0) is 97.7 Å². The Morgan fingerprint density at radius 3 is 1.93 bits per heavy atom. The van der Waals surface area contributed by atoms with Crippen LogP contribution in [0.2, 0.25) is 0 Å². The number of fused-ring (bicyclic) bond motifs is 2. The molecule has 17 atom stereocenters. The molecule has 3 fully saturated rings. The van der Waals surface area contributed by atoms with Crippen molar-refractivity contribution in [3.8, 4) is 0 Å². The minimum Gasteiger partial charge on any atom is -0.488 e. The van der Waals surface area contributed by atoms with Crippen LogP contribution in [0.4, 0.5) is 0 Å². The molecule has 2 unspecified atom stereocenters. The molecule has 4 heterocycles. The second-order valence-electron chi connectivity index (χ2n) is 21.7. The first-order valence-electron chi connectivity index (χ1n) is 25.9. The number of ether oxygens (including phenoxy) is 10. The number of hydrogen-bond acceptors (Lipinski definition) is 13. The van der Waals surface area contributed by atoms with Crippen LogP contribution in [0.3, 0.4) is 0 Å². The van der Waals surface area contributed by atoms with Gasteiger partial charge in [-0.2, -0.15) is 0 Å². The molecule has 13 nitrogen and oxygen atoms in total. The first-order chi connectivity index (χ1) is 33.8. The minimum atomic E-state index is -1.66. The quantitative estimate of drug-likeness (QED) is 0.122. The van der Waals surface area contributed by atoms with Gasteiger partial charge in [0.25, 0.3) is 0 Å². The summed E-state index contributed by atoms with van der Waals surface area (Å²) < 4.78 is 68.4. The highest BCUT2D eigenvalue weighted by Crippen LogP contribution is 2.49. The summed E-state index contributed by atoms with van der Waals surface area (Å²) in [6, 6.07) is 29.9. The Morgan fingerprint density at radius 2 is 1.37 bits per heavy atom. The Hall–Kier alpha value is -3.73. The molecule has 71 heavy (non-hydrogen) atoms. The van der Waals surface area contributed by atoms with Gasteiger partial charge in [0.05, 0.1) is 61.7 Å². The highest BCUT2D eigenvalue weighted by atomic mass is 16.7. The SMILES string of the molecule is CC[C@@H](OCc1ccccc1)[C@@](C)(O)[C@@H]1OC(=O)[C@H](C)[C@@H](OC2C[C@@](C)(OC)[C@@H](OCc3ccccc3)[C@H](C)O2)[C@H](C)[C@@H](OC2O[C@H](C)C[C@H](N(C)C)[C@H]2OCc2ccccc2)[C@@]2(C)CC(C)=C(O2)[C@@H]1C. The lowest BCUT2D eigenvalue weighted by Crippen LogP contribution is -2.61. The number of cyclic esters (lactones) is 1. The third-order valence-corrected chi connectivity index (χ3v) is 15.7. The van der Waals surface area contributed by atoms with E-state index in [0.29, 0.717) is 38.2 Å². The molecule has 4 aliphatic rings. The molecule has 0 radical (unpaired) electrons. The molecule has 2 bridgehead atoms. The maximum absolute atomic E-state index is 15.2. The van der Waals surface area contributed by atoms with E-state index < -0.39 is 95.8 Å². The van der Waals surface area contributed by atoms with E-state index in [9.17, 15) is 5.11 Å². The summed E-state index contributed by atoms with van der Waals surface area (Å²) in [7, 11) is 5.80. The highest BCUT2D eigenvalue weighted by molar-refractivity contribution is 5.73. The van der Waals surface area contributed by atoms with Crippen molar-refractivity contribution in [3.63, 3.8) is 0 Å². The molecule has 0 saturated carbocycles. The molecule has 13 heteroatoms. The van der Waals surface area contributed by atoms with Crippen molar-refractivity contribution in [2.75, 3.05) is 21.2 Å². The van der Waals surface area contributed by atoms with Crippen molar-refractivity contribution in [3.05, 3.63) is 119 Å². The smallest absolute Gasteiger partial charge is 0.311 e. The van der Waals surface area contributed by atoms with Crippen LogP contribution in [0, 0.1) is 17.8 Å². The lowest BCUT2D eigenvalue weighted by atomic mass is 9.78. The lowest BCUT2D eigenvalue weighted by Gasteiger charge is -2.49. The summed E-state index contributed by atoms with van der Waals surface area (Å²) in [5, 5.41) is 12.8. The molecule has 0 aromatic heterocycles. The standard InChI is InChI=1S/C58H83NO12/c1-14-46(63-33-42-24-18-15-19-25-42)58(10,61)52-38(4)48-36(2)31-57(9,71-48)51(70-55-50(45(59(11)12)30-37(3)66-55)64-34-43-26-20-16-21-27-43)39(5)49(40(6)54(60)69-52)68-47-32-56(8,62-13)53(41(7)67-47)65-35-44-28-22-17-23-29-44/h15-29,37-41,45-47,49-53,55,61H,14,30-35H2,1-13H3/t37-,38+,39+,40-,41+,45+,46-,47?,49+,50-,51-,52-,53+,55?,56-,57-,58-/m1/s1. The predicted octanol–water partition coefficient (Wildman–Crippen LogP) is 9.57. The van der Waals surface area contributed by atoms with Gasteiger partial charge in [0.1, 0.15) is 41.4 Å². The van der Waals surface area contributed by atoms with Crippen molar-refractivity contribution >= 4 is 5.97 Å². The fourth-order valence-electron chi connectivity index (χ4n) is 11.8. The van der Waals surface area contributed by atoms with Crippen LogP contribution in [0.1, 0.15) is 112 Å². The molecule has 3 aromatic carbocycles. The van der Waals surface area contributed by atoms with Gasteiger partial charge >= 0.3 is 5.97 Å². The Morgan fingerprint density at radius 1 is 0.789 bits per heavy atom. The van der Waals surface area contributed by atoms with E-state index in [2.05, 4.69) is 45.0 Å². The van der Waals surface area contributed by atoms with Crippen LogP contribution >= 0.6 is 0 Å².